The van der Waals surface area contributed by atoms with Crippen LogP contribution >= 0.6 is 0 Å². The molecule has 1 fully saturated rings. The molecule has 2 N–H and O–H groups in total. The van der Waals surface area contributed by atoms with Gasteiger partial charge < -0.3 is 10.2 Å². The van der Waals surface area contributed by atoms with E-state index in [-0.39, 0.29) is 23.9 Å². The van der Waals surface area contributed by atoms with E-state index in [0.717, 1.165) is 6.42 Å². The van der Waals surface area contributed by atoms with Crippen LogP contribution in [0.3, 0.4) is 0 Å². The number of rotatable bonds is 4. The molecule has 4 amide bonds. The molecule has 0 atom stereocenters. The zero-order chi connectivity index (χ0) is 14.1. The molecule has 1 rings (SSSR count). The standard InChI is InChI=1S/C12H21N3O3/c1-6-11(2,3)14-8(16)7-15-10(18)13-9(17)12(15,4)5/h6-7H2,1-5H3,(H,14,16)(H,13,17,18). The van der Waals surface area contributed by atoms with Crippen LogP contribution in [0, 0.1) is 0 Å². The van der Waals surface area contributed by atoms with E-state index < -0.39 is 11.6 Å². The van der Waals surface area contributed by atoms with E-state index in [0.29, 0.717) is 0 Å². The van der Waals surface area contributed by atoms with Crippen molar-refractivity contribution in [2.24, 2.45) is 0 Å². The Hall–Kier alpha value is -1.59. The Balaban J connectivity index is 2.71. The molecular weight excluding hydrogens is 234 g/mol. The summed E-state index contributed by atoms with van der Waals surface area (Å²) in [6, 6.07) is -0.519. The van der Waals surface area contributed by atoms with Crippen molar-refractivity contribution >= 4 is 17.8 Å². The third kappa shape index (κ3) is 2.80. The summed E-state index contributed by atoms with van der Waals surface area (Å²) in [5.41, 5.74) is -1.30. The number of hydrogen-bond acceptors (Lipinski definition) is 3. The van der Waals surface area contributed by atoms with Gasteiger partial charge in [0.15, 0.2) is 0 Å². The van der Waals surface area contributed by atoms with Crippen LogP contribution in [0.2, 0.25) is 0 Å². The fourth-order valence-corrected chi connectivity index (χ4v) is 1.61. The van der Waals surface area contributed by atoms with Crippen molar-refractivity contribution in [1.29, 1.82) is 0 Å². The molecule has 1 aliphatic rings. The highest BCUT2D eigenvalue weighted by molar-refractivity contribution is 6.07. The Bertz CT molecular complexity index is 388. The second kappa shape index (κ2) is 4.59. The summed E-state index contributed by atoms with van der Waals surface area (Å²) in [7, 11) is 0. The first kappa shape index (κ1) is 14.5. The smallest absolute Gasteiger partial charge is 0.325 e. The number of nitrogens with zero attached hydrogens (tertiary/aromatic N) is 1. The largest absolute Gasteiger partial charge is 0.350 e. The van der Waals surface area contributed by atoms with Crippen molar-refractivity contribution in [2.75, 3.05) is 6.54 Å². The molecule has 0 aromatic carbocycles. The number of imide groups is 1. The van der Waals surface area contributed by atoms with E-state index in [1.54, 1.807) is 13.8 Å². The molecule has 0 aliphatic carbocycles. The van der Waals surface area contributed by atoms with Crippen molar-refractivity contribution in [3.63, 3.8) is 0 Å². The first-order valence-electron chi connectivity index (χ1n) is 6.04. The van der Waals surface area contributed by atoms with Gasteiger partial charge >= 0.3 is 6.03 Å². The second-order valence-corrected chi connectivity index (χ2v) is 5.69. The Kier molecular flexibility index (Phi) is 3.69. The van der Waals surface area contributed by atoms with Crippen LogP contribution in [0.15, 0.2) is 0 Å². The SMILES string of the molecule is CCC(C)(C)NC(=O)CN1C(=O)NC(=O)C1(C)C. The second-order valence-electron chi connectivity index (χ2n) is 5.69. The van der Waals surface area contributed by atoms with Crippen LogP contribution in [0.1, 0.15) is 41.0 Å². The molecule has 0 saturated carbocycles. The fraction of sp³-hybridized carbons (Fsp3) is 0.750. The van der Waals surface area contributed by atoms with E-state index >= 15 is 0 Å². The Morgan fingerprint density at radius 3 is 2.33 bits per heavy atom. The summed E-state index contributed by atoms with van der Waals surface area (Å²) < 4.78 is 0. The normalized spacial score (nSPS) is 18.8. The molecule has 1 heterocycles. The van der Waals surface area contributed by atoms with Gasteiger partial charge in [0.2, 0.25) is 5.91 Å². The molecule has 0 spiro atoms. The Labute approximate surface area is 107 Å². The van der Waals surface area contributed by atoms with Crippen molar-refractivity contribution in [2.45, 2.75) is 52.1 Å². The molecule has 1 saturated heterocycles. The maximum Gasteiger partial charge on any atom is 0.325 e. The summed E-state index contributed by atoms with van der Waals surface area (Å²) in [5, 5.41) is 5.04. The van der Waals surface area contributed by atoms with Gasteiger partial charge in [0.25, 0.3) is 5.91 Å². The maximum atomic E-state index is 11.9. The Morgan fingerprint density at radius 1 is 1.39 bits per heavy atom. The predicted molar refractivity (Wildman–Crippen MR) is 66.8 cm³/mol. The molecule has 0 aromatic rings. The highest BCUT2D eigenvalue weighted by atomic mass is 16.2. The van der Waals surface area contributed by atoms with Gasteiger partial charge in [-0.15, -0.1) is 0 Å². The number of carbonyl (C=O) groups is 3. The van der Waals surface area contributed by atoms with Gasteiger partial charge in [-0.05, 0) is 34.1 Å². The number of carbonyl (C=O) groups excluding carboxylic acids is 3. The molecule has 102 valence electrons. The van der Waals surface area contributed by atoms with Gasteiger partial charge in [0.1, 0.15) is 12.1 Å². The van der Waals surface area contributed by atoms with Gasteiger partial charge in [-0.2, -0.15) is 0 Å². The minimum absolute atomic E-state index is 0.117. The predicted octanol–water partition coefficient (Wildman–Crippen LogP) is 0.622. The lowest BCUT2D eigenvalue weighted by molar-refractivity contribution is -0.127. The third-order valence-corrected chi connectivity index (χ3v) is 3.36. The first-order chi connectivity index (χ1) is 8.10. The lowest BCUT2D eigenvalue weighted by atomic mass is 10.0. The lowest BCUT2D eigenvalue weighted by Crippen LogP contribution is -2.52. The van der Waals surface area contributed by atoms with Gasteiger partial charge in [0.05, 0.1) is 0 Å². The third-order valence-electron chi connectivity index (χ3n) is 3.36. The number of amides is 4. The summed E-state index contributed by atoms with van der Waals surface area (Å²) >= 11 is 0. The fourth-order valence-electron chi connectivity index (χ4n) is 1.61. The molecule has 0 aromatic heterocycles. The molecular formula is C12H21N3O3. The van der Waals surface area contributed by atoms with E-state index in [4.69, 9.17) is 0 Å². The highest BCUT2D eigenvalue weighted by Gasteiger charge is 2.46. The summed E-state index contributed by atoms with van der Waals surface area (Å²) in [4.78, 5) is 36.2. The molecule has 0 bridgehead atoms. The quantitative estimate of drug-likeness (QED) is 0.723. The molecule has 0 radical (unpaired) electrons. The van der Waals surface area contributed by atoms with Crippen LogP contribution in [-0.4, -0.2) is 40.4 Å². The Morgan fingerprint density at radius 2 is 1.94 bits per heavy atom. The van der Waals surface area contributed by atoms with E-state index in [2.05, 4.69) is 10.6 Å². The average molecular weight is 255 g/mol. The molecule has 6 heteroatoms. The van der Waals surface area contributed by atoms with Crippen molar-refractivity contribution in [3.8, 4) is 0 Å². The maximum absolute atomic E-state index is 11.9. The topological polar surface area (TPSA) is 78.5 Å². The summed E-state index contributed by atoms with van der Waals surface area (Å²) in [5.74, 6) is -0.644. The van der Waals surface area contributed by atoms with Crippen LogP contribution in [0.4, 0.5) is 4.79 Å². The average Bonchev–Trinajstić information content (AvgIpc) is 2.41. The van der Waals surface area contributed by atoms with E-state index in [1.807, 2.05) is 20.8 Å². The zero-order valence-corrected chi connectivity index (χ0v) is 11.6. The van der Waals surface area contributed by atoms with Crippen molar-refractivity contribution in [1.82, 2.24) is 15.5 Å². The van der Waals surface area contributed by atoms with Crippen LogP contribution < -0.4 is 10.6 Å². The van der Waals surface area contributed by atoms with Gasteiger partial charge in [0, 0.05) is 5.54 Å². The minimum Gasteiger partial charge on any atom is -0.350 e. The van der Waals surface area contributed by atoms with Gasteiger partial charge in [-0.3, -0.25) is 14.9 Å². The first-order valence-corrected chi connectivity index (χ1v) is 6.04. The van der Waals surface area contributed by atoms with Crippen molar-refractivity contribution in [3.05, 3.63) is 0 Å². The van der Waals surface area contributed by atoms with Crippen LogP contribution in [-0.2, 0) is 9.59 Å². The zero-order valence-electron chi connectivity index (χ0n) is 11.6. The van der Waals surface area contributed by atoms with E-state index in [1.165, 1.54) is 4.90 Å². The lowest BCUT2D eigenvalue weighted by Gasteiger charge is -2.30. The highest BCUT2D eigenvalue weighted by Crippen LogP contribution is 2.20. The molecule has 1 aliphatic heterocycles. The number of urea groups is 1. The number of hydrogen-bond donors (Lipinski definition) is 2. The van der Waals surface area contributed by atoms with Gasteiger partial charge in [-0.1, -0.05) is 6.92 Å². The van der Waals surface area contributed by atoms with Crippen LogP contribution in [0.5, 0.6) is 0 Å². The van der Waals surface area contributed by atoms with Crippen molar-refractivity contribution < 1.29 is 14.4 Å². The monoisotopic (exact) mass is 255 g/mol. The summed E-state index contributed by atoms with van der Waals surface area (Å²) in [6.07, 6.45) is 0.785. The van der Waals surface area contributed by atoms with Gasteiger partial charge in [-0.25, -0.2) is 4.79 Å². The molecule has 6 nitrogen and oxygen atoms in total. The molecule has 18 heavy (non-hydrogen) atoms. The van der Waals surface area contributed by atoms with Crippen LogP contribution in [0.25, 0.3) is 0 Å². The molecule has 0 unspecified atom stereocenters. The number of nitrogens with one attached hydrogen (secondary N) is 2. The minimum atomic E-state index is -0.981. The summed E-state index contributed by atoms with van der Waals surface area (Å²) in [6.45, 7) is 8.90. The van der Waals surface area contributed by atoms with E-state index in [9.17, 15) is 14.4 Å².